The van der Waals surface area contributed by atoms with Crippen molar-refractivity contribution in [2.75, 3.05) is 6.54 Å². The Hall–Kier alpha value is -0.940. The number of aromatic nitrogens is 3. The van der Waals surface area contributed by atoms with Crippen molar-refractivity contribution in [2.24, 2.45) is 5.73 Å². The van der Waals surface area contributed by atoms with Crippen molar-refractivity contribution >= 4 is 36.4 Å². The fourth-order valence-corrected chi connectivity index (χ4v) is 1.57. The van der Waals surface area contributed by atoms with Crippen LogP contribution in [0.3, 0.4) is 0 Å². The van der Waals surface area contributed by atoms with E-state index in [2.05, 4.69) is 15.0 Å². The summed E-state index contributed by atoms with van der Waals surface area (Å²) in [7, 11) is 0. The van der Waals surface area contributed by atoms with Gasteiger partial charge in [0.25, 0.3) is 0 Å². The highest BCUT2D eigenvalue weighted by atomic mass is 35.5. The second-order valence-electron chi connectivity index (χ2n) is 3.27. The first kappa shape index (κ1) is 17.1. The Morgan fingerprint density at radius 2 is 2.00 bits per heavy atom. The summed E-state index contributed by atoms with van der Waals surface area (Å²) in [5.41, 5.74) is 7.16. The molecule has 0 aromatic carbocycles. The third kappa shape index (κ3) is 4.38. The van der Waals surface area contributed by atoms with E-state index in [0.717, 1.165) is 11.3 Å². The van der Waals surface area contributed by atoms with Crippen molar-refractivity contribution in [2.45, 2.75) is 6.42 Å². The summed E-state index contributed by atoms with van der Waals surface area (Å²) in [4.78, 5) is 12.5. The topological polar surface area (TPSA) is 64.7 Å². The van der Waals surface area contributed by atoms with Crippen LogP contribution in [-0.2, 0) is 6.42 Å². The van der Waals surface area contributed by atoms with Crippen LogP contribution in [0.4, 0.5) is 0 Å². The first-order valence-electron chi connectivity index (χ1n) is 4.93. The quantitative estimate of drug-likeness (QED) is 0.885. The van der Waals surface area contributed by atoms with Gasteiger partial charge in [0.1, 0.15) is 11.0 Å². The first-order chi connectivity index (χ1) is 7.79. The number of hydrogen-bond acceptors (Lipinski definition) is 4. The van der Waals surface area contributed by atoms with Crippen molar-refractivity contribution in [3.8, 4) is 11.3 Å². The highest BCUT2D eigenvalue weighted by molar-refractivity contribution is 6.29. The van der Waals surface area contributed by atoms with E-state index < -0.39 is 0 Å². The maximum absolute atomic E-state index is 5.92. The zero-order chi connectivity index (χ0) is 11.4. The van der Waals surface area contributed by atoms with Crippen molar-refractivity contribution in [3.63, 3.8) is 0 Å². The molecule has 2 aromatic heterocycles. The lowest BCUT2D eigenvalue weighted by molar-refractivity contribution is 0.870. The van der Waals surface area contributed by atoms with Crippen LogP contribution in [0.1, 0.15) is 5.82 Å². The molecule has 0 bridgehead atoms. The SMILES string of the molecule is Cl.Cl.NCCc1nc(Cl)cc(-c2cccnc2)n1. The summed E-state index contributed by atoms with van der Waals surface area (Å²) in [5, 5.41) is 0.428. The standard InChI is InChI=1S/C11H11ClN4.2ClH/c12-10-6-9(8-2-1-5-14-7-8)15-11(16-10)3-4-13;;/h1-2,5-7H,3-4,13H2;2*1H. The van der Waals surface area contributed by atoms with Crippen LogP contribution in [0, 0.1) is 0 Å². The Balaban J connectivity index is 0.00000144. The van der Waals surface area contributed by atoms with Gasteiger partial charge in [-0.2, -0.15) is 0 Å². The van der Waals surface area contributed by atoms with Gasteiger partial charge < -0.3 is 5.73 Å². The van der Waals surface area contributed by atoms with Gasteiger partial charge in [0.05, 0.1) is 5.69 Å². The Bertz CT molecular complexity index is 479. The fraction of sp³-hybridized carbons (Fsp3) is 0.182. The summed E-state index contributed by atoms with van der Waals surface area (Å²) in [6, 6.07) is 5.50. The average Bonchev–Trinajstić information content (AvgIpc) is 2.30. The molecule has 0 aliphatic heterocycles. The number of nitrogens with two attached hydrogens (primary N) is 1. The lowest BCUT2D eigenvalue weighted by Gasteiger charge is -2.03. The summed E-state index contributed by atoms with van der Waals surface area (Å²) < 4.78 is 0. The predicted molar refractivity (Wildman–Crippen MR) is 77.5 cm³/mol. The minimum Gasteiger partial charge on any atom is -0.330 e. The molecule has 2 heterocycles. The van der Waals surface area contributed by atoms with Crippen LogP contribution in [0.25, 0.3) is 11.3 Å². The summed E-state index contributed by atoms with van der Waals surface area (Å²) in [6.45, 7) is 0.507. The number of halogens is 3. The average molecular weight is 308 g/mol. The Kier molecular flexibility index (Phi) is 7.78. The van der Waals surface area contributed by atoms with E-state index in [1.807, 2.05) is 12.1 Å². The minimum atomic E-state index is 0. The molecule has 0 amide bonds. The maximum atomic E-state index is 5.92. The van der Waals surface area contributed by atoms with Crippen LogP contribution in [0.5, 0.6) is 0 Å². The molecule has 18 heavy (non-hydrogen) atoms. The fourth-order valence-electron chi connectivity index (χ4n) is 1.37. The molecule has 0 atom stereocenters. The van der Waals surface area contributed by atoms with Gasteiger partial charge in [-0.3, -0.25) is 4.98 Å². The number of nitrogens with zero attached hydrogens (tertiary/aromatic N) is 3. The molecule has 98 valence electrons. The smallest absolute Gasteiger partial charge is 0.133 e. The van der Waals surface area contributed by atoms with Gasteiger partial charge in [0.2, 0.25) is 0 Å². The van der Waals surface area contributed by atoms with Crippen LogP contribution in [0.15, 0.2) is 30.6 Å². The minimum absolute atomic E-state index is 0. The molecule has 7 heteroatoms. The molecule has 0 aliphatic carbocycles. The lowest BCUT2D eigenvalue weighted by atomic mass is 10.2. The zero-order valence-electron chi connectivity index (χ0n) is 9.41. The molecule has 2 N–H and O–H groups in total. The summed E-state index contributed by atoms with van der Waals surface area (Å²) in [5.74, 6) is 0.661. The van der Waals surface area contributed by atoms with Crippen LogP contribution in [-0.4, -0.2) is 21.5 Å². The molecule has 0 unspecified atom stereocenters. The number of hydrogen-bond donors (Lipinski definition) is 1. The normalized spacial score (nSPS) is 9.22. The lowest BCUT2D eigenvalue weighted by Crippen LogP contribution is -2.07. The molecule has 0 fully saturated rings. The van der Waals surface area contributed by atoms with Gasteiger partial charge in [0, 0.05) is 30.4 Å². The van der Waals surface area contributed by atoms with Crippen molar-refractivity contribution < 1.29 is 0 Å². The van der Waals surface area contributed by atoms with Crippen molar-refractivity contribution in [1.29, 1.82) is 0 Å². The molecule has 0 radical (unpaired) electrons. The monoisotopic (exact) mass is 306 g/mol. The van der Waals surface area contributed by atoms with Gasteiger partial charge in [-0.25, -0.2) is 9.97 Å². The highest BCUT2D eigenvalue weighted by Gasteiger charge is 2.04. The summed E-state index contributed by atoms with van der Waals surface area (Å²) >= 11 is 5.92. The second-order valence-corrected chi connectivity index (χ2v) is 3.66. The molecule has 0 saturated heterocycles. The summed E-state index contributed by atoms with van der Waals surface area (Å²) in [6.07, 6.45) is 4.08. The molecule has 2 aromatic rings. The van der Waals surface area contributed by atoms with E-state index in [4.69, 9.17) is 17.3 Å². The molecule has 0 aliphatic rings. The van der Waals surface area contributed by atoms with Gasteiger partial charge in [0.15, 0.2) is 0 Å². The zero-order valence-corrected chi connectivity index (χ0v) is 11.8. The highest BCUT2D eigenvalue weighted by Crippen LogP contribution is 2.18. The van der Waals surface area contributed by atoms with E-state index in [0.29, 0.717) is 23.9 Å². The predicted octanol–water partition coefficient (Wildman–Crippen LogP) is 2.54. The van der Waals surface area contributed by atoms with E-state index in [1.54, 1.807) is 18.5 Å². The molecule has 4 nitrogen and oxygen atoms in total. The van der Waals surface area contributed by atoms with Gasteiger partial charge in [-0.15, -0.1) is 24.8 Å². The van der Waals surface area contributed by atoms with Gasteiger partial charge in [-0.1, -0.05) is 11.6 Å². The first-order valence-corrected chi connectivity index (χ1v) is 5.31. The van der Waals surface area contributed by atoms with Crippen LogP contribution < -0.4 is 5.73 Å². The molecule has 0 spiro atoms. The molecular weight excluding hydrogens is 295 g/mol. The van der Waals surface area contributed by atoms with E-state index >= 15 is 0 Å². The van der Waals surface area contributed by atoms with E-state index in [9.17, 15) is 0 Å². The Morgan fingerprint density at radius 1 is 1.22 bits per heavy atom. The largest absolute Gasteiger partial charge is 0.330 e. The van der Waals surface area contributed by atoms with Crippen LogP contribution >= 0.6 is 36.4 Å². The molecule has 0 saturated carbocycles. The Labute approximate surface area is 123 Å². The maximum Gasteiger partial charge on any atom is 0.133 e. The third-order valence-corrected chi connectivity index (χ3v) is 2.26. The van der Waals surface area contributed by atoms with Crippen molar-refractivity contribution in [1.82, 2.24) is 15.0 Å². The molecular formula is C11H13Cl3N4. The Morgan fingerprint density at radius 3 is 2.61 bits per heavy atom. The van der Waals surface area contributed by atoms with Crippen LogP contribution in [0.2, 0.25) is 5.15 Å². The molecule has 2 rings (SSSR count). The van der Waals surface area contributed by atoms with Gasteiger partial charge >= 0.3 is 0 Å². The second kappa shape index (κ2) is 8.21. The number of pyridine rings is 1. The van der Waals surface area contributed by atoms with E-state index in [-0.39, 0.29) is 24.8 Å². The van der Waals surface area contributed by atoms with E-state index in [1.165, 1.54) is 0 Å². The van der Waals surface area contributed by atoms with Crippen molar-refractivity contribution in [3.05, 3.63) is 41.6 Å². The van der Waals surface area contributed by atoms with Gasteiger partial charge in [-0.05, 0) is 18.7 Å². The number of rotatable bonds is 3. The third-order valence-electron chi connectivity index (χ3n) is 2.07.